The van der Waals surface area contributed by atoms with Gasteiger partial charge in [0.05, 0.1) is 17.3 Å². The summed E-state index contributed by atoms with van der Waals surface area (Å²) in [5, 5.41) is 11.0. The number of fused-ring (bicyclic) bond motifs is 1. The van der Waals surface area contributed by atoms with Crippen molar-refractivity contribution in [2.24, 2.45) is 0 Å². The molecule has 1 amide bonds. The number of carbonyl (C=O) groups is 1. The van der Waals surface area contributed by atoms with E-state index in [0.717, 1.165) is 27.2 Å². The number of aromatic nitrogens is 2. The third-order valence-electron chi connectivity index (χ3n) is 6.00. The van der Waals surface area contributed by atoms with E-state index in [2.05, 4.69) is 13.5 Å². The number of aliphatic hydroxyl groups is 1. The van der Waals surface area contributed by atoms with Crippen LogP contribution in [0.5, 0.6) is 0 Å². The van der Waals surface area contributed by atoms with Crippen LogP contribution in [0.15, 0.2) is 77.7 Å². The van der Waals surface area contributed by atoms with E-state index >= 15 is 0 Å². The summed E-state index contributed by atoms with van der Waals surface area (Å²) >= 11 is 2.71. The van der Waals surface area contributed by atoms with Gasteiger partial charge in [-0.15, -0.1) is 0 Å². The van der Waals surface area contributed by atoms with Gasteiger partial charge in [0, 0.05) is 35.7 Å². The number of hydrogen-bond acceptors (Lipinski definition) is 7. The van der Waals surface area contributed by atoms with E-state index in [1.54, 1.807) is 0 Å². The molecule has 1 aliphatic heterocycles. The first kappa shape index (κ1) is 21.9. The van der Waals surface area contributed by atoms with Gasteiger partial charge in [0.25, 0.3) is 5.91 Å². The van der Waals surface area contributed by atoms with Crippen molar-refractivity contribution in [2.45, 2.75) is 29.8 Å². The molecule has 1 saturated heterocycles. The fraction of sp³-hybridized carbons (Fsp3) is 0.240. The first-order chi connectivity index (χ1) is 16.1. The molecule has 0 unspecified atom stereocenters. The lowest BCUT2D eigenvalue weighted by atomic mass is 9.85. The van der Waals surface area contributed by atoms with Crippen molar-refractivity contribution in [3.05, 3.63) is 83.9 Å². The normalized spacial score (nSPS) is 15.5. The third-order valence-corrected chi connectivity index (χ3v) is 7.39. The number of likely N-dealkylation sites (tertiary alicyclic amines) is 1. The predicted molar refractivity (Wildman–Crippen MR) is 134 cm³/mol. The van der Waals surface area contributed by atoms with Crippen molar-refractivity contribution >= 4 is 46.3 Å². The van der Waals surface area contributed by atoms with Gasteiger partial charge in [0.2, 0.25) is 0 Å². The lowest BCUT2D eigenvalue weighted by Gasteiger charge is -2.38. The topological polar surface area (TPSA) is 78.4 Å². The van der Waals surface area contributed by atoms with Crippen LogP contribution >= 0.6 is 23.7 Å². The molecule has 2 N–H and O–H groups in total. The van der Waals surface area contributed by atoms with E-state index < -0.39 is 5.60 Å². The van der Waals surface area contributed by atoms with Gasteiger partial charge in [-0.3, -0.25) is 4.79 Å². The largest absolute Gasteiger partial charge is 0.389 e. The van der Waals surface area contributed by atoms with E-state index in [9.17, 15) is 9.90 Å². The Bertz CT molecular complexity index is 1240. The quantitative estimate of drug-likeness (QED) is 0.381. The van der Waals surface area contributed by atoms with Crippen molar-refractivity contribution in [2.75, 3.05) is 17.8 Å². The second-order valence-electron chi connectivity index (χ2n) is 8.38. The first-order valence-electron chi connectivity index (χ1n) is 10.9. The van der Waals surface area contributed by atoms with Crippen molar-refractivity contribution in [3.63, 3.8) is 0 Å². The number of rotatable bonds is 6. The molecule has 8 heteroatoms. The van der Waals surface area contributed by atoms with Crippen molar-refractivity contribution in [3.8, 4) is 0 Å². The van der Waals surface area contributed by atoms with Crippen LogP contribution in [-0.2, 0) is 6.42 Å². The van der Waals surface area contributed by atoms with Gasteiger partial charge < -0.3 is 14.7 Å². The summed E-state index contributed by atoms with van der Waals surface area (Å²) in [6, 6.07) is 23.5. The smallest absolute Gasteiger partial charge is 0.253 e. The molecule has 6 nitrogen and oxygen atoms in total. The molecule has 33 heavy (non-hydrogen) atoms. The fourth-order valence-corrected chi connectivity index (χ4v) is 5.28. The molecule has 4 aromatic rings. The summed E-state index contributed by atoms with van der Waals surface area (Å²) in [6.45, 7) is 1.12. The molecule has 0 atom stereocenters. The first-order valence-corrected chi connectivity index (χ1v) is 12.4. The van der Waals surface area contributed by atoms with Gasteiger partial charge in [-0.1, -0.05) is 30.3 Å². The molecule has 1 aliphatic rings. The van der Waals surface area contributed by atoms with E-state index in [4.69, 9.17) is 0 Å². The van der Waals surface area contributed by atoms with Crippen LogP contribution in [0, 0.1) is 0 Å². The molecule has 1 fully saturated rings. The van der Waals surface area contributed by atoms with Gasteiger partial charge in [-0.05, 0) is 72.8 Å². The number of anilines is 1. The zero-order chi connectivity index (χ0) is 22.7. The minimum Gasteiger partial charge on any atom is -0.389 e. The van der Waals surface area contributed by atoms with Crippen molar-refractivity contribution in [1.29, 1.82) is 0 Å². The Balaban J connectivity index is 1.15. The zero-order valence-corrected chi connectivity index (χ0v) is 19.6. The highest BCUT2D eigenvalue weighted by Crippen LogP contribution is 2.28. The Labute approximate surface area is 201 Å². The molecular weight excluding hydrogens is 452 g/mol. The summed E-state index contributed by atoms with van der Waals surface area (Å²) in [7, 11) is 0. The second-order valence-corrected chi connectivity index (χ2v) is 9.78. The number of nitrogens with one attached hydrogen (secondary N) is 1. The molecule has 3 aromatic carbocycles. The molecule has 5 rings (SSSR count). The highest BCUT2D eigenvalue weighted by Gasteiger charge is 2.34. The molecule has 168 valence electrons. The van der Waals surface area contributed by atoms with Crippen LogP contribution in [0.1, 0.15) is 28.8 Å². The monoisotopic (exact) mass is 476 g/mol. The Kier molecular flexibility index (Phi) is 6.30. The standard InChI is InChI=1S/C25H24N4O2S2/c30-24(29-14-12-25(31,13-15-29)17-18-4-2-1-3-5-18)19-6-8-20(9-7-19)26-32-21-10-11-22-23(16-21)28-33-27-22/h1-11,16,26,31H,12-15,17H2. The minimum atomic E-state index is -0.749. The van der Waals surface area contributed by atoms with Crippen molar-refractivity contribution in [1.82, 2.24) is 13.6 Å². The number of piperidine rings is 1. The highest BCUT2D eigenvalue weighted by molar-refractivity contribution is 8.00. The summed E-state index contributed by atoms with van der Waals surface area (Å²) in [4.78, 5) is 15.9. The summed E-state index contributed by atoms with van der Waals surface area (Å²) < 4.78 is 11.8. The average Bonchev–Trinajstić information content (AvgIpc) is 3.32. The molecule has 0 bridgehead atoms. The lowest BCUT2D eigenvalue weighted by molar-refractivity contribution is -0.0162. The lowest BCUT2D eigenvalue weighted by Crippen LogP contribution is -2.47. The molecule has 0 radical (unpaired) electrons. The van der Waals surface area contributed by atoms with Gasteiger partial charge in [0.15, 0.2) is 0 Å². The van der Waals surface area contributed by atoms with Crippen LogP contribution in [0.3, 0.4) is 0 Å². The Morgan fingerprint density at radius 2 is 1.73 bits per heavy atom. The fourth-order valence-electron chi connectivity index (χ4n) is 4.09. The highest BCUT2D eigenvalue weighted by atomic mass is 32.2. The SMILES string of the molecule is O=C(c1ccc(NSc2ccc3nsnc3c2)cc1)N1CCC(O)(Cc2ccccc2)CC1. The molecule has 0 spiro atoms. The third kappa shape index (κ3) is 5.19. The van der Waals surface area contributed by atoms with E-state index in [1.807, 2.05) is 77.7 Å². The minimum absolute atomic E-state index is 0.0115. The Morgan fingerprint density at radius 1 is 1.00 bits per heavy atom. The zero-order valence-electron chi connectivity index (χ0n) is 18.0. The van der Waals surface area contributed by atoms with E-state index in [0.29, 0.717) is 37.9 Å². The molecule has 1 aromatic heterocycles. The maximum Gasteiger partial charge on any atom is 0.253 e. The van der Waals surface area contributed by atoms with Gasteiger partial charge >= 0.3 is 0 Å². The maximum absolute atomic E-state index is 13.0. The number of carbonyl (C=O) groups excluding carboxylic acids is 1. The Hall–Kier alpha value is -2.94. The maximum atomic E-state index is 13.0. The van der Waals surface area contributed by atoms with Gasteiger partial charge in [-0.2, -0.15) is 8.75 Å². The van der Waals surface area contributed by atoms with Crippen LogP contribution in [0.25, 0.3) is 11.0 Å². The molecule has 2 heterocycles. The van der Waals surface area contributed by atoms with Gasteiger partial charge in [-0.25, -0.2) is 0 Å². The van der Waals surface area contributed by atoms with Crippen molar-refractivity contribution < 1.29 is 9.90 Å². The number of hydrogen-bond donors (Lipinski definition) is 2. The van der Waals surface area contributed by atoms with E-state index in [-0.39, 0.29) is 5.91 Å². The van der Waals surface area contributed by atoms with Crippen LogP contribution in [0.2, 0.25) is 0 Å². The molecular formula is C25H24N4O2S2. The van der Waals surface area contributed by atoms with Gasteiger partial charge in [0.1, 0.15) is 11.0 Å². The second kappa shape index (κ2) is 9.51. The average molecular weight is 477 g/mol. The molecule has 0 saturated carbocycles. The predicted octanol–water partition coefficient (Wildman–Crippen LogP) is 5.02. The Morgan fingerprint density at radius 3 is 2.48 bits per heavy atom. The van der Waals surface area contributed by atoms with Crippen LogP contribution < -0.4 is 4.72 Å². The number of amides is 1. The number of benzene rings is 3. The summed E-state index contributed by atoms with van der Waals surface area (Å²) in [5.41, 5.74) is 3.76. The molecule has 0 aliphatic carbocycles. The summed E-state index contributed by atoms with van der Waals surface area (Å²) in [5.74, 6) is 0.0115. The van der Waals surface area contributed by atoms with Crippen LogP contribution in [-0.4, -0.2) is 43.4 Å². The number of nitrogens with zero attached hydrogens (tertiary/aromatic N) is 3. The van der Waals surface area contributed by atoms with Crippen LogP contribution in [0.4, 0.5) is 5.69 Å². The summed E-state index contributed by atoms with van der Waals surface area (Å²) in [6.07, 6.45) is 1.80. The van der Waals surface area contributed by atoms with E-state index in [1.165, 1.54) is 23.7 Å².